The van der Waals surface area contributed by atoms with E-state index in [1.54, 1.807) is 14.2 Å². The fraction of sp³-hybridized carbons (Fsp3) is 1.00. The second-order valence-electron chi connectivity index (χ2n) is 4.73. The molecule has 0 aromatic carbocycles. The van der Waals surface area contributed by atoms with Gasteiger partial charge in [0, 0.05) is 20.1 Å². The number of methoxy groups -OCH3 is 2. The smallest absolute Gasteiger partial charge is 0.159 e. The summed E-state index contributed by atoms with van der Waals surface area (Å²) in [5.41, 5.74) is 0. The summed E-state index contributed by atoms with van der Waals surface area (Å²) in [5.74, 6) is 0.505. The first-order valence-corrected chi connectivity index (χ1v) is 6.81. The van der Waals surface area contributed by atoms with E-state index in [1.807, 2.05) is 0 Å². The average molecular weight is 230 g/mol. The highest BCUT2D eigenvalue weighted by Crippen LogP contribution is 2.17. The van der Waals surface area contributed by atoms with Crippen molar-refractivity contribution in [2.45, 2.75) is 71.5 Å². The Balaban J connectivity index is 3.30. The number of rotatable bonds is 11. The van der Waals surface area contributed by atoms with E-state index in [0.717, 1.165) is 0 Å². The molecular formula is C14H30O2. The lowest BCUT2D eigenvalue weighted by Gasteiger charge is -2.20. The zero-order valence-electron chi connectivity index (χ0n) is 11.6. The summed E-state index contributed by atoms with van der Waals surface area (Å²) >= 11 is 0. The molecular weight excluding hydrogens is 200 g/mol. The lowest BCUT2D eigenvalue weighted by atomic mass is 10.0. The Morgan fingerprint density at radius 2 is 1.31 bits per heavy atom. The van der Waals surface area contributed by atoms with Gasteiger partial charge in [0.15, 0.2) is 6.29 Å². The van der Waals surface area contributed by atoms with Gasteiger partial charge in [0.25, 0.3) is 0 Å². The predicted octanol–water partition coefficient (Wildman–Crippen LogP) is 4.38. The fourth-order valence-corrected chi connectivity index (χ4v) is 2.12. The number of hydrogen-bond acceptors (Lipinski definition) is 2. The molecule has 0 amide bonds. The summed E-state index contributed by atoms with van der Waals surface area (Å²) in [4.78, 5) is 0. The van der Waals surface area contributed by atoms with Gasteiger partial charge in [-0.05, 0) is 6.42 Å². The van der Waals surface area contributed by atoms with Gasteiger partial charge in [-0.2, -0.15) is 0 Å². The molecule has 2 heteroatoms. The van der Waals surface area contributed by atoms with Crippen molar-refractivity contribution in [1.82, 2.24) is 0 Å². The molecule has 0 aromatic rings. The summed E-state index contributed by atoms with van der Waals surface area (Å²) in [5, 5.41) is 0. The second-order valence-corrected chi connectivity index (χ2v) is 4.73. The molecule has 0 aromatic heterocycles. The van der Waals surface area contributed by atoms with Gasteiger partial charge in [-0.25, -0.2) is 0 Å². The summed E-state index contributed by atoms with van der Waals surface area (Å²) in [7, 11) is 3.44. The van der Waals surface area contributed by atoms with E-state index >= 15 is 0 Å². The molecule has 0 radical (unpaired) electrons. The molecule has 0 saturated heterocycles. The van der Waals surface area contributed by atoms with Crippen molar-refractivity contribution in [1.29, 1.82) is 0 Å². The molecule has 2 nitrogen and oxygen atoms in total. The Bertz CT molecular complexity index is 133. The highest BCUT2D eigenvalue weighted by atomic mass is 16.7. The molecule has 1 atom stereocenters. The minimum atomic E-state index is -0.0277. The molecule has 1 unspecified atom stereocenters. The number of hydrogen-bond donors (Lipinski definition) is 0. The maximum Gasteiger partial charge on any atom is 0.159 e. The molecule has 0 N–H and O–H groups in total. The Kier molecular flexibility index (Phi) is 11.3. The van der Waals surface area contributed by atoms with Gasteiger partial charge < -0.3 is 9.47 Å². The Morgan fingerprint density at radius 3 is 1.81 bits per heavy atom. The van der Waals surface area contributed by atoms with Crippen LogP contribution >= 0.6 is 0 Å². The van der Waals surface area contributed by atoms with Crippen LogP contribution in [0.1, 0.15) is 65.2 Å². The molecule has 0 aliphatic heterocycles. The van der Waals surface area contributed by atoms with Crippen LogP contribution < -0.4 is 0 Å². The summed E-state index contributed by atoms with van der Waals surface area (Å²) in [6.45, 7) is 4.46. The summed E-state index contributed by atoms with van der Waals surface area (Å²) in [6, 6.07) is 0. The van der Waals surface area contributed by atoms with Gasteiger partial charge in [-0.15, -0.1) is 0 Å². The van der Waals surface area contributed by atoms with Gasteiger partial charge >= 0.3 is 0 Å². The molecule has 0 saturated carbocycles. The Morgan fingerprint density at radius 1 is 0.812 bits per heavy atom. The van der Waals surface area contributed by atoms with Crippen LogP contribution in [0.15, 0.2) is 0 Å². The Labute approximate surface area is 102 Å². The van der Waals surface area contributed by atoms with Crippen molar-refractivity contribution in [3.63, 3.8) is 0 Å². The van der Waals surface area contributed by atoms with Crippen LogP contribution in [0.2, 0.25) is 0 Å². The third kappa shape index (κ3) is 8.12. The number of unbranched alkanes of at least 4 members (excludes halogenated alkanes) is 6. The highest BCUT2D eigenvalue weighted by Gasteiger charge is 2.14. The van der Waals surface area contributed by atoms with Crippen molar-refractivity contribution < 1.29 is 9.47 Å². The van der Waals surface area contributed by atoms with E-state index in [-0.39, 0.29) is 6.29 Å². The van der Waals surface area contributed by atoms with Crippen molar-refractivity contribution in [3.8, 4) is 0 Å². The zero-order valence-corrected chi connectivity index (χ0v) is 11.6. The van der Waals surface area contributed by atoms with E-state index < -0.39 is 0 Å². The van der Waals surface area contributed by atoms with E-state index in [1.165, 1.54) is 51.4 Å². The SMILES string of the molecule is CCCCCCCCCC(C)C(OC)OC. The van der Waals surface area contributed by atoms with Gasteiger partial charge in [-0.3, -0.25) is 0 Å². The van der Waals surface area contributed by atoms with E-state index in [4.69, 9.17) is 9.47 Å². The van der Waals surface area contributed by atoms with Gasteiger partial charge in [0.2, 0.25) is 0 Å². The van der Waals surface area contributed by atoms with Crippen LogP contribution in [-0.2, 0) is 9.47 Å². The standard InChI is InChI=1S/C14H30O2/c1-5-6-7-8-9-10-11-12-13(2)14(15-3)16-4/h13-14H,5-12H2,1-4H3. The second kappa shape index (κ2) is 11.4. The molecule has 0 aliphatic carbocycles. The first-order valence-electron chi connectivity index (χ1n) is 6.81. The van der Waals surface area contributed by atoms with Gasteiger partial charge in [-0.1, -0.05) is 58.8 Å². The first-order chi connectivity index (χ1) is 7.76. The zero-order chi connectivity index (χ0) is 12.2. The first kappa shape index (κ1) is 15.9. The average Bonchev–Trinajstić information content (AvgIpc) is 2.29. The minimum Gasteiger partial charge on any atom is -0.356 e. The van der Waals surface area contributed by atoms with Crippen molar-refractivity contribution in [3.05, 3.63) is 0 Å². The van der Waals surface area contributed by atoms with Crippen molar-refractivity contribution in [2.75, 3.05) is 14.2 Å². The van der Waals surface area contributed by atoms with E-state index in [9.17, 15) is 0 Å². The lowest BCUT2D eigenvalue weighted by molar-refractivity contribution is -0.134. The van der Waals surface area contributed by atoms with Crippen LogP contribution in [-0.4, -0.2) is 20.5 Å². The summed E-state index contributed by atoms with van der Waals surface area (Å²) in [6.07, 6.45) is 10.8. The van der Waals surface area contributed by atoms with Gasteiger partial charge in [0.1, 0.15) is 0 Å². The third-order valence-corrected chi connectivity index (χ3v) is 3.19. The molecule has 0 aliphatic rings. The molecule has 0 fully saturated rings. The minimum absolute atomic E-state index is 0.0277. The molecule has 16 heavy (non-hydrogen) atoms. The third-order valence-electron chi connectivity index (χ3n) is 3.19. The predicted molar refractivity (Wildman–Crippen MR) is 69.6 cm³/mol. The van der Waals surface area contributed by atoms with Gasteiger partial charge in [0.05, 0.1) is 0 Å². The van der Waals surface area contributed by atoms with Crippen LogP contribution in [0.3, 0.4) is 0 Å². The summed E-state index contributed by atoms with van der Waals surface area (Å²) < 4.78 is 10.5. The molecule has 0 bridgehead atoms. The maximum atomic E-state index is 5.25. The van der Waals surface area contributed by atoms with E-state index in [2.05, 4.69) is 13.8 Å². The highest BCUT2D eigenvalue weighted by molar-refractivity contribution is 4.57. The van der Waals surface area contributed by atoms with Crippen LogP contribution in [0.25, 0.3) is 0 Å². The molecule has 0 heterocycles. The number of ether oxygens (including phenoxy) is 2. The normalized spacial score (nSPS) is 13.3. The van der Waals surface area contributed by atoms with Crippen LogP contribution in [0.5, 0.6) is 0 Å². The topological polar surface area (TPSA) is 18.5 Å². The quantitative estimate of drug-likeness (QED) is 0.387. The molecule has 0 rings (SSSR count). The largest absolute Gasteiger partial charge is 0.356 e. The van der Waals surface area contributed by atoms with E-state index in [0.29, 0.717) is 5.92 Å². The monoisotopic (exact) mass is 230 g/mol. The fourth-order valence-electron chi connectivity index (χ4n) is 2.12. The Hall–Kier alpha value is -0.0800. The molecule has 98 valence electrons. The molecule has 0 spiro atoms. The van der Waals surface area contributed by atoms with Crippen molar-refractivity contribution >= 4 is 0 Å². The van der Waals surface area contributed by atoms with Crippen molar-refractivity contribution in [2.24, 2.45) is 5.92 Å². The lowest BCUT2D eigenvalue weighted by Crippen LogP contribution is -2.22. The van der Waals surface area contributed by atoms with Crippen LogP contribution in [0, 0.1) is 5.92 Å². The van der Waals surface area contributed by atoms with Crippen LogP contribution in [0.4, 0.5) is 0 Å². The maximum absolute atomic E-state index is 5.25.